The Bertz CT molecular complexity index is 811. The van der Waals surface area contributed by atoms with Crippen LogP contribution in [0.1, 0.15) is 52.6 Å². The number of carbonyl (C=O) groups is 1. The van der Waals surface area contributed by atoms with Crippen LogP contribution in [0.4, 0.5) is 0 Å². The standard InChI is InChI=1S/C22H27NO4/c1-15-17(9-10-18-19(15)13-27-21(18)25)20(24)12-23(14-22(2,3)26)11-16-7-5-4-6-8-16/h4-10,20,24,26H,11-14H2,1-3H3. The molecule has 0 amide bonds. The lowest BCUT2D eigenvalue weighted by Gasteiger charge is -2.31. The van der Waals surface area contributed by atoms with Gasteiger partial charge in [-0.15, -0.1) is 0 Å². The van der Waals surface area contributed by atoms with E-state index in [4.69, 9.17) is 4.74 Å². The van der Waals surface area contributed by atoms with Crippen LogP contribution >= 0.6 is 0 Å². The molecule has 0 saturated carbocycles. The molecule has 5 heteroatoms. The first-order valence-electron chi connectivity index (χ1n) is 9.21. The molecule has 5 nitrogen and oxygen atoms in total. The molecular weight excluding hydrogens is 342 g/mol. The summed E-state index contributed by atoms with van der Waals surface area (Å²) in [6, 6.07) is 13.5. The van der Waals surface area contributed by atoms with Gasteiger partial charge in [0.05, 0.1) is 17.3 Å². The quantitative estimate of drug-likeness (QED) is 0.735. The Balaban J connectivity index is 1.80. The van der Waals surface area contributed by atoms with Crippen molar-refractivity contribution in [2.24, 2.45) is 0 Å². The Morgan fingerprint density at radius 2 is 1.89 bits per heavy atom. The number of esters is 1. The molecule has 0 fully saturated rings. The molecule has 0 saturated heterocycles. The van der Waals surface area contributed by atoms with Gasteiger partial charge in [0.2, 0.25) is 0 Å². The number of hydrogen-bond acceptors (Lipinski definition) is 5. The van der Waals surface area contributed by atoms with Gasteiger partial charge >= 0.3 is 5.97 Å². The maximum absolute atomic E-state index is 11.7. The van der Waals surface area contributed by atoms with Gasteiger partial charge in [-0.25, -0.2) is 4.79 Å². The molecule has 3 rings (SSSR count). The van der Waals surface area contributed by atoms with Crippen LogP contribution in [-0.4, -0.2) is 39.8 Å². The summed E-state index contributed by atoms with van der Waals surface area (Å²) in [4.78, 5) is 13.8. The van der Waals surface area contributed by atoms with E-state index < -0.39 is 11.7 Å². The summed E-state index contributed by atoms with van der Waals surface area (Å²) in [7, 11) is 0. The van der Waals surface area contributed by atoms with Crippen LogP contribution < -0.4 is 0 Å². The molecule has 2 N–H and O–H groups in total. The Kier molecular flexibility index (Phi) is 5.65. The largest absolute Gasteiger partial charge is 0.457 e. The Morgan fingerprint density at radius 3 is 2.56 bits per heavy atom. The zero-order valence-electron chi connectivity index (χ0n) is 16.1. The second-order valence-electron chi connectivity index (χ2n) is 7.87. The minimum Gasteiger partial charge on any atom is -0.457 e. The molecule has 0 bridgehead atoms. The summed E-state index contributed by atoms with van der Waals surface area (Å²) in [6.07, 6.45) is -0.725. The zero-order chi connectivity index (χ0) is 19.6. The Hall–Kier alpha value is -2.21. The molecule has 0 radical (unpaired) electrons. The van der Waals surface area contributed by atoms with Gasteiger partial charge in [0, 0.05) is 25.2 Å². The molecule has 0 aliphatic carbocycles. The number of nitrogens with zero attached hydrogens (tertiary/aromatic N) is 1. The van der Waals surface area contributed by atoms with Gasteiger partial charge in [0.1, 0.15) is 6.61 Å². The SMILES string of the molecule is Cc1c(C(O)CN(Cc2ccccc2)CC(C)(C)O)ccc2c1COC2=O. The summed E-state index contributed by atoms with van der Waals surface area (Å²) in [5.74, 6) is -0.304. The first-order valence-corrected chi connectivity index (χ1v) is 9.21. The summed E-state index contributed by atoms with van der Waals surface area (Å²) < 4.78 is 5.10. The molecule has 0 spiro atoms. The second-order valence-corrected chi connectivity index (χ2v) is 7.87. The molecule has 1 unspecified atom stereocenters. The number of cyclic esters (lactones) is 1. The highest BCUT2D eigenvalue weighted by molar-refractivity contribution is 5.93. The van der Waals surface area contributed by atoms with Gasteiger partial charge in [-0.1, -0.05) is 36.4 Å². The molecule has 1 aliphatic rings. The number of carbonyl (C=O) groups excluding carboxylic acids is 1. The number of hydrogen-bond donors (Lipinski definition) is 2. The summed E-state index contributed by atoms with van der Waals surface area (Å²) in [5.41, 5.74) is 3.38. The lowest BCUT2D eigenvalue weighted by Crippen LogP contribution is -2.40. The highest BCUT2D eigenvalue weighted by Crippen LogP contribution is 2.29. The van der Waals surface area contributed by atoms with E-state index in [1.54, 1.807) is 26.0 Å². The first kappa shape index (κ1) is 19.5. The van der Waals surface area contributed by atoms with Gasteiger partial charge in [0.15, 0.2) is 0 Å². The molecule has 1 aliphatic heterocycles. The average molecular weight is 369 g/mol. The maximum atomic E-state index is 11.7. The smallest absolute Gasteiger partial charge is 0.338 e. The minimum atomic E-state index is -0.873. The van der Waals surface area contributed by atoms with Crippen molar-refractivity contribution in [3.8, 4) is 0 Å². The third kappa shape index (κ3) is 4.75. The van der Waals surface area contributed by atoms with Gasteiger partial charge in [0.25, 0.3) is 0 Å². The van der Waals surface area contributed by atoms with Crippen LogP contribution in [0.3, 0.4) is 0 Å². The zero-order valence-corrected chi connectivity index (χ0v) is 16.1. The van der Waals surface area contributed by atoms with E-state index in [9.17, 15) is 15.0 Å². The van der Waals surface area contributed by atoms with Crippen molar-refractivity contribution in [1.29, 1.82) is 0 Å². The lowest BCUT2D eigenvalue weighted by atomic mass is 9.95. The van der Waals surface area contributed by atoms with Crippen molar-refractivity contribution in [2.45, 2.75) is 45.6 Å². The van der Waals surface area contributed by atoms with Crippen molar-refractivity contribution in [3.05, 3.63) is 70.3 Å². The van der Waals surface area contributed by atoms with E-state index in [2.05, 4.69) is 0 Å². The molecule has 2 aromatic carbocycles. The van der Waals surface area contributed by atoms with E-state index in [1.165, 1.54) is 0 Å². The molecule has 1 atom stereocenters. The fourth-order valence-electron chi connectivity index (χ4n) is 3.65. The van der Waals surface area contributed by atoms with E-state index >= 15 is 0 Å². The third-order valence-corrected chi connectivity index (χ3v) is 4.86. The monoisotopic (exact) mass is 369 g/mol. The third-order valence-electron chi connectivity index (χ3n) is 4.86. The second kappa shape index (κ2) is 7.80. The first-order chi connectivity index (χ1) is 12.7. The summed E-state index contributed by atoms with van der Waals surface area (Å²) >= 11 is 0. The average Bonchev–Trinajstić information content (AvgIpc) is 2.96. The van der Waals surface area contributed by atoms with E-state index in [0.29, 0.717) is 25.2 Å². The molecule has 0 aromatic heterocycles. The Morgan fingerprint density at radius 1 is 1.19 bits per heavy atom. The lowest BCUT2D eigenvalue weighted by molar-refractivity contribution is 0.0149. The number of aliphatic hydroxyl groups is 2. The number of aliphatic hydroxyl groups excluding tert-OH is 1. The number of ether oxygens (including phenoxy) is 1. The van der Waals surface area contributed by atoms with Crippen LogP contribution in [-0.2, 0) is 17.9 Å². The van der Waals surface area contributed by atoms with Crippen molar-refractivity contribution in [3.63, 3.8) is 0 Å². The highest BCUT2D eigenvalue weighted by Gasteiger charge is 2.27. The van der Waals surface area contributed by atoms with Crippen molar-refractivity contribution in [2.75, 3.05) is 13.1 Å². The topological polar surface area (TPSA) is 70.0 Å². The predicted octanol–water partition coefficient (Wildman–Crippen LogP) is 2.97. The summed E-state index contributed by atoms with van der Waals surface area (Å²) in [5, 5.41) is 21.2. The normalized spacial score (nSPS) is 15.0. The number of benzene rings is 2. The molecule has 2 aromatic rings. The van der Waals surface area contributed by atoms with Gasteiger partial charge in [-0.2, -0.15) is 0 Å². The molecule has 144 valence electrons. The van der Waals surface area contributed by atoms with E-state index in [-0.39, 0.29) is 12.6 Å². The van der Waals surface area contributed by atoms with Crippen LogP contribution in [0.5, 0.6) is 0 Å². The van der Waals surface area contributed by atoms with Crippen molar-refractivity contribution in [1.82, 2.24) is 4.90 Å². The fraction of sp³-hybridized carbons (Fsp3) is 0.409. The molecular formula is C22H27NO4. The number of fused-ring (bicyclic) bond motifs is 1. The number of rotatable bonds is 7. The van der Waals surface area contributed by atoms with Crippen LogP contribution in [0.15, 0.2) is 42.5 Å². The van der Waals surface area contributed by atoms with E-state index in [1.807, 2.05) is 42.2 Å². The van der Waals surface area contributed by atoms with Gasteiger partial charge < -0.3 is 14.9 Å². The maximum Gasteiger partial charge on any atom is 0.338 e. The summed E-state index contributed by atoms with van der Waals surface area (Å²) in [6.45, 7) is 7.15. The highest BCUT2D eigenvalue weighted by atomic mass is 16.5. The van der Waals surface area contributed by atoms with Crippen LogP contribution in [0, 0.1) is 6.92 Å². The van der Waals surface area contributed by atoms with Crippen LogP contribution in [0.25, 0.3) is 0 Å². The van der Waals surface area contributed by atoms with E-state index in [0.717, 1.165) is 22.3 Å². The molecule has 1 heterocycles. The van der Waals surface area contributed by atoms with Gasteiger partial charge in [-0.3, -0.25) is 4.90 Å². The molecule has 27 heavy (non-hydrogen) atoms. The predicted molar refractivity (Wildman–Crippen MR) is 103 cm³/mol. The minimum absolute atomic E-state index is 0.262. The van der Waals surface area contributed by atoms with Crippen molar-refractivity contribution >= 4 is 5.97 Å². The fourth-order valence-corrected chi connectivity index (χ4v) is 3.65. The van der Waals surface area contributed by atoms with Crippen LogP contribution in [0.2, 0.25) is 0 Å². The Labute approximate surface area is 160 Å². The van der Waals surface area contributed by atoms with Gasteiger partial charge in [-0.05, 0) is 43.5 Å². The van der Waals surface area contributed by atoms with Crippen molar-refractivity contribution < 1.29 is 19.7 Å².